The molecule has 2 heterocycles. The molecule has 3 aromatic rings. The van der Waals surface area contributed by atoms with Crippen LogP contribution >= 0.6 is 0 Å². The molecule has 2 aromatic carbocycles. The molecular formula is C27H33N3O5. The van der Waals surface area contributed by atoms with E-state index in [1.54, 1.807) is 39.0 Å². The topological polar surface area (TPSA) is 105 Å². The molecule has 1 aliphatic heterocycles. The molecule has 8 nitrogen and oxygen atoms in total. The van der Waals surface area contributed by atoms with E-state index in [9.17, 15) is 19.5 Å². The quantitative estimate of drug-likeness (QED) is 0.510. The minimum absolute atomic E-state index is 0.103. The van der Waals surface area contributed by atoms with Crippen LogP contribution in [0.15, 0.2) is 57.7 Å². The van der Waals surface area contributed by atoms with Crippen molar-refractivity contribution in [3.63, 3.8) is 0 Å². The van der Waals surface area contributed by atoms with Gasteiger partial charge in [0.25, 0.3) is 0 Å². The molecule has 2 atom stereocenters. The van der Waals surface area contributed by atoms with Gasteiger partial charge in [0.1, 0.15) is 6.04 Å². The normalized spacial score (nSPS) is 16.3. The van der Waals surface area contributed by atoms with Gasteiger partial charge >= 0.3 is 11.7 Å². The van der Waals surface area contributed by atoms with E-state index in [4.69, 9.17) is 4.42 Å². The Morgan fingerprint density at radius 2 is 1.77 bits per heavy atom. The fourth-order valence-electron chi connectivity index (χ4n) is 4.88. The molecule has 186 valence electrons. The van der Waals surface area contributed by atoms with Gasteiger partial charge in [-0.1, -0.05) is 57.2 Å². The van der Waals surface area contributed by atoms with E-state index in [-0.39, 0.29) is 18.4 Å². The molecule has 0 aliphatic carbocycles. The van der Waals surface area contributed by atoms with E-state index in [0.29, 0.717) is 16.7 Å². The van der Waals surface area contributed by atoms with Gasteiger partial charge in [0.2, 0.25) is 5.91 Å². The Labute approximate surface area is 204 Å². The lowest BCUT2D eigenvalue weighted by Crippen LogP contribution is -2.37. The van der Waals surface area contributed by atoms with Crippen molar-refractivity contribution in [3.05, 3.63) is 70.2 Å². The van der Waals surface area contributed by atoms with Gasteiger partial charge in [-0.05, 0) is 54.6 Å². The first-order chi connectivity index (χ1) is 16.6. The molecule has 0 radical (unpaired) electrons. The number of likely N-dealkylation sites (tertiary alicyclic amines) is 1. The van der Waals surface area contributed by atoms with Gasteiger partial charge in [-0.2, -0.15) is 0 Å². The second-order valence-electron chi connectivity index (χ2n) is 10.4. The number of fused-ring (bicyclic) bond motifs is 1. The molecule has 8 heteroatoms. The SMILES string of the molecule is CC(C)(C)C(C(=O)O)n1c(=O)oc2ccc(CC(=O)NC(CN3CCCC3)c3ccccc3)cc21. The number of aliphatic carboxylic acids is 1. The smallest absolute Gasteiger partial charge is 0.420 e. The van der Waals surface area contributed by atoms with Gasteiger partial charge in [0, 0.05) is 6.54 Å². The summed E-state index contributed by atoms with van der Waals surface area (Å²) >= 11 is 0. The van der Waals surface area contributed by atoms with Crippen molar-refractivity contribution in [2.45, 2.75) is 52.1 Å². The van der Waals surface area contributed by atoms with Crippen molar-refractivity contribution < 1.29 is 19.1 Å². The first-order valence-corrected chi connectivity index (χ1v) is 12.1. The zero-order valence-corrected chi connectivity index (χ0v) is 20.5. The van der Waals surface area contributed by atoms with Crippen LogP contribution in [0.25, 0.3) is 11.1 Å². The number of oxazole rings is 1. The minimum Gasteiger partial charge on any atom is -0.480 e. The van der Waals surface area contributed by atoms with E-state index in [0.717, 1.165) is 25.2 Å². The summed E-state index contributed by atoms with van der Waals surface area (Å²) in [6, 6.07) is 13.7. The summed E-state index contributed by atoms with van der Waals surface area (Å²) < 4.78 is 6.50. The summed E-state index contributed by atoms with van der Waals surface area (Å²) in [6.45, 7) is 8.11. The van der Waals surface area contributed by atoms with Crippen molar-refractivity contribution in [2.24, 2.45) is 5.41 Å². The fourth-order valence-corrected chi connectivity index (χ4v) is 4.88. The maximum atomic E-state index is 13.1. The third kappa shape index (κ3) is 5.65. The number of aromatic nitrogens is 1. The summed E-state index contributed by atoms with van der Waals surface area (Å²) in [5.74, 6) is -1.97. The van der Waals surface area contributed by atoms with Gasteiger partial charge in [0.15, 0.2) is 5.58 Å². The van der Waals surface area contributed by atoms with E-state index < -0.39 is 23.2 Å². The van der Waals surface area contributed by atoms with Gasteiger partial charge in [-0.25, -0.2) is 9.59 Å². The molecule has 1 aliphatic rings. The summed E-state index contributed by atoms with van der Waals surface area (Å²) in [4.78, 5) is 40.1. The summed E-state index contributed by atoms with van der Waals surface area (Å²) in [6.07, 6.45) is 2.45. The highest BCUT2D eigenvalue weighted by atomic mass is 16.4. The number of carboxylic acids is 1. The largest absolute Gasteiger partial charge is 0.480 e. The van der Waals surface area contributed by atoms with E-state index in [1.807, 2.05) is 30.3 Å². The van der Waals surface area contributed by atoms with E-state index >= 15 is 0 Å². The number of carbonyl (C=O) groups is 2. The maximum Gasteiger partial charge on any atom is 0.420 e. The molecule has 2 N–H and O–H groups in total. The Balaban J connectivity index is 1.58. The second kappa shape index (κ2) is 10.1. The van der Waals surface area contributed by atoms with Gasteiger partial charge in [0.05, 0.1) is 18.0 Å². The lowest BCUT2D eigenvalue weighted by atomic mass is 9.86. The first-order valence-electron chi connectivity index (χ1n) is 12.1. The average Bonchev–Trinajstić information content (AvgIpc) is 3.41. The van der Waals surface area contributed by atoms with Crippen molar-refractivity contribution in [1.29, 1.82) is 0 Å². The molecular weight excluding hydrogens is 446 g/mol. The number of amides is 1. The monoisotopic (exact) mass is 479 g/mol. The molecule has 2 unspecified atom stereocenters. The Morgan fingerprint density at radius 1 is 1.09 bits per heavy atom. The lowest BCUT2D eigenvalue weighted by Gasteiger charge is -2.27. The number of benzene rings is 2. The van der Waals surface area contributed by atoms with Crippen molar-refractivity contribution in [2.75, 3.05) is 19.6 Å². The average molecular weight is 480 g/mol. The molecule has 1 aromatic heterocycles. The molecule has 0 spiro atoms. The van der Waals surface area contributed by atoms with Crippen LogP contribution in [0.3, 0.4) is 0 Å². The van der Waals surface area contributed by atoms with E-state index in [2.05, 4.69) is 10.2 Å². The molecule has 4 rings (SSSR count). The summed E-state index contributed by atoms with van der Waals surface area (Å²) in [5.41, 5.74) is 1.68. The van der Waals surface area contributed by atoms with Gasteiger partial charge < -0.3 is 19.7 Å². The lowest BCUT2D eigenvalue weighted by molar-refractivity contribution is -0.144. The van der Waals surface area contributed by atoms with Crippen LogP contribution in [-0.2, 0) is 16.0 Å². The van der Waals surface area contributed by atoms with E-state index in [1.165, 1.54) is 17.4 Å². The maximum absolute atomic E-state index is 13.1. The zero-order chi connectivity index (χ0) is 25.2. The fraction of sp³-hybridized carbons (Fsp3) is 0.444. The summed E-state index contributed by atoms with van der Waals surface area (Å²) in [7, 11) is 0. The summed E-state index contributed by atoms with van der Waals surface area (Å²) in [5, 5.41) is 13.0. The van der Waals surface area contributed by atoms with Gasteiger partial charge in [-0.3, -0.25) is 9.36 Å². The highest BCUT2D eigenvalue weighted by Gasteiger charge is 2.36. The van der Waals surface area contributed by atoms with Crippen molar-refractivity contribution in [1.82, 2.24) is 14.8 Å². The number of carboxylic acid groups (broad SMARTS) is 1. The van der Waals surface area contributed by atoms with Crippen LogP contribution in [0, 0.1) is 5.41 Å². The predicted octanol–water partition coefficient (Wildman–Crippen LogP) is 3.76. The number of carbonyl (C=O) groups excluding carboxylic acids is 1. The van der Waals surface area contributed by atoms with Crippen molar-refractivity contribution >= 4 is 23.0 Å². The number of nitrogens with one attached hydrogen (secondary N) is 1. The highest BCUT2D eigenvalue weighted by molar-refractivity contribution is 5.83. The van der Waals surface area contributed by atoms with Crippen LogP contribution < -0.4 is 11.1 Å². The predicted molar refractivity (Wildman–Crippen MR) is 133 cm³/mol. The highest BCUT2D eigenvalue weighted by Crippen LogP contribution is 2.32. The molecule has 1 saturated heterocycles. The number of nitrogens with zero attached hydrogens (tertiary/aromatic N) is 2. The third-order valence-electron chi connectivity index (χ3n) is 6.53. The number of hydrogen-bond acceptors (Lipinski definition) is 5. The van der Waals surface area contributed by atoms with Crippen molar-refractivity contribution in [3.8, 4) is 0 Å². The Hall–Kier alpha value is -3.39. The number of rotatable bonds is 8. The van der Waals surface area contributed by atoms with Crippen LogP contribution in [0.4, 0.5) is 0 Å². The Bertz CT molecular complexity index is 1250. The molecule has 1 fully saturated rings. The third-order valence-corrected chi connectivity index (χ3v) is 6.53. The molecule has 35 heavy (non-hydrogen) atoms. The molecule has 0 bridgehead atoms. The van der Waals surface area contributed by atoms with Crippen LogP contribution in [0.2, 0.25) is 0 Å². The van der Waals surface area contributed by atoms with Crippen LogP contribution in [0.5, 0.6) is 0 Å². The molecule has 1 amide bonds. The zero-order valence-electron chi connectivity index (χ0n) is 20.5. The Morgan fingerprint density at radius 3 is 2.40 bits per heavy atom. The standard InChI is InChI=1S/C27H33N3O5/c1-27(2,3)24(25(32)33)30-21-15-18(11-12-22(21)35-26(30)34)16-23(31)28-20(17-29-13-7-8-14-29)19-9-5-4-6-10-19/h4-6,9-12,15,20,24H,7-8,13-14,16-17H2,1-3H3,(H,28,31)(H,32,33). The van der Waals surface area contributed by atoms with Crippen LogP contribution in [-0.4, -0.2) is 46.1 Å². The Kier molecular flexibility index (Phi) is 7.12. The second-order valence-corrected chi connectivity index (χ2v) is 10.4. The first kappa shape index (κ1) is 24.7. The minimum atomic E-state index is -1.11. The van der Waals surface area contributed by atoms with Crippen LogP contribution in [0.1, 0.15) is 56.8 Å². The molecule has 0 saturated carbocycles. The van der Waals surface area contributed by atoms with Gasteiger partial charge in [-0.15, -0.1) is 0 Å². The number of hydrogen-bond donors (Lipinski definition) is 2.